The first-order valence-corrected chi connectivity index (χ1v) is 7.80. The molecule has 0 aromatic rings. The molecule has 0 amide bonds. The number of nitrogens with two attached hydrogens (primary N) is 1. The predicted molar refractivity (Wildman–Crippen MR) is 79.8 cm³/mol. The van der Waals surface area contributed by atoms with Crippen molar-refractivity contribution in [2.75, 3.05) is 39.8 Å². The van der Waals surface area contributed by atoms with Crippen LogP contribution in [0.4, 0.5) is 0 Å². The van der Waals surface area contributed by atoms with E-state index in [4.69, 9.17) is 5.73 Å². The maximum Gasteiger partial charge on any atom is 0.0195 e. The molecule has 0 radical (unpaired) electrons. The lowest BCUT2D eigenvalue weighted by Crippen LogP contribution is -2.50. The Kier molecular flexibility index (Phi) is 7.87. The summed E-state index contributed by atoms with van der Waals surface area (Å²) in [7, 11) is 2.23. The smallest absolute Gasteiger partial charge is 0.0195 e. The first-order chi connectivity index (χ1) is 8.67. The van der Waals surface area contributed by atoms with Crippen LogP contribution in [0.25, 0.3) is 0 Å². The molecule has 1 aliphatic heterocycles. The summed E-state index contributed by atoms with van der Waals surface area (Å²) in [4.78, 5) is 5.10. The monoisotopic (exact) mass is 255 g/mol. The minimum Gasteiger partial charge on any atom is -0.330 e. The van der Waals surface area contributed by atoms with E-state index < -0.39 is 0 Å². The predicted octanol–water partition coefficient (Wildman–Crippen LogP) is 2.17. The van der Waals surface area contributed by atoms with Gasteiger partial charge in [-0.15, -0.1) is 0 Å². The van der Waals surface area contributed by atoms with Gasteiger partial charge in [0.05, 0.1) is 0 Å². The summed E-state index contributed by atoms with van der Waals surface area (Å²) in [5.41, 5.74) is 5.70. The summed E-state index contributed by atoms with van der Waals surface area (Å²) in [5, 5.41) is 0. The fourth-order valence-electron chi connectivity index (χ4n) is 3.17. The standard InChI is InChI=1S/C15H33N3/c1-4-6-15(8-9-16)7-5-10-18-12-11-17(3)13-14(18)2/h14-15H,4-13,16H2,1-3H3. The Labute approximate surface area is 114 Å². The van der Waals surface area contributed by atoms with Crippen molar-refractivity contribution in [1.82, 2.24) is 9.80 Å². The molecule has 0 aromatic carbocycles. The van der Waals surface area contributed by atoms with Gasteiger partial charge in [0.1, 0.15) is 0 Å². The Morgan fingerprint density at radius 3 is 2.61 bits per heavy atom. The lowest BCUT2D eigenvalue weighted by atomic mass is 9.94. The van der Waals surface area contributed by atoms with Gasteiger partial charge in [-0.2, -0.15) is 0 Å². The average Bonchev–Trinajstić information content (AvgIpc) is 2.32. The Bertz CT molecular complexity index is 202. The van der Waals surface area contributed by atoms with E-state index in [1.165, 1.54) is 58.3 Å². The van der Waals surface area contributed by atoms with Crippen LogP contribution in [0.2, 0.25) is 0 Å². The highest BCUT2D eigenvalue weighted by atomic mass is 15.3. The Hall–Kier alpha value is -0.120. The molecule has 2 atom stereocenters. The number of hydrogen-bond donors (Lipinski definition) is 1. The van der Waals surface area contributed by atoms with Gasteiger partial charge in [0.2, 0.25) is 0 Å². The van der Waals surface area contributed by atoms with E-state index in [-0.39, 0.29) is 0 Å². The molecule has 0 aromatic heterocycles. The van der Waals surface area contributed by atoms with Crippen molar-refractivity contribution >= 4 is 0 Å². The summed E-state index contributed by atoms with van der Waals surface area (Å²) >= 11 is 0. The number of likely N-dealkylation sites (N-methyl/N-ethyl adjacent to an activating group) is 1. The molecule has 3 heteroatoms. The van der Waals surface area contributed by atoms with Crippen molar-refractivity contribution in [1.29, 1.82) is 0 Å². The van der Waals surface area contributed by atoms with Gasteiger partial charge >= 0.3 is 0 Å². The molecule has 0 spiro atoms. The minimum absolute atomic E-state index is 0.725. The third-order valence-corrected chi connectivity index (χ3v) is 4.30. The zero-order chi connectivity index (χ0) is 13.4. The van der Waals surface area contributed by atoms with Gasteiger partial charge in [-0.3, -0.25) is 4.90 Å². The highest BCUT2D eigenvalue weighted by Gasteiger charge is 2.20. The Balaban J connectivity index is 2.19. The largest absolute Gasteiger partial charge is 0.330 e. The third-order valence-electron chi connectivity index (χ3n) is 4.30. The lowest BCUT2D eigenvalue weighted by molar-refractivity contribution is 0.0969. The van der Waals surface area contributed by atoms with E-state index in [0.29, 0.717) is 0 Å². The summed E-state index contributed by atoms with van der Waals surface area (Å²) in [6, 6.07) is 0.725. The highest BCUT2D eigenvalue weighted by molar-refractivity contribution is 4.77. The van der Waals surface area contributed by atoms with Gasteiger partial charge in [0.25, 0.3) is 0 Å². The number of nitrogens with zero attached hydrogens (tertiary/aromatic N) is 2. The molecule has 108 valence electrons. The molecule has 18 heavy (non-hydrogen) atoms. The fraction of sp³-hybridized carbons (Fsp3) is 1.00. The van der Waals surface area contributed by atoms with Crippen LogP contribution in [-0.4, -0.2) is 55.6 Å². The Morgan fingerprint density at radius 2 is 2.00 bits per heavy atom. The molecule has 2 unspecified atom stereocenters. The van der Waals surface area contributed by atoms with Gasteiger partial charge in [-0.05, 0) is 52.2 Å². The SMILES string of the molecule is CCCC(CCN)CCCN1CCN(C)CC1C. The van der Waals surface area contributed by atoms with Crippen molar-refractivity contribution in [3.8, 4) is 0 Å². The van der Waals surface area contributed by atoms with E-state index in [0.717, 1.165) is 18.5 Å². The van der Waals surface area contributed by atoms with Crippen LogP contribution in [0.3, 0.4) is 0 Å². The second-order valence-corrected chi connectivity index (χ2v) is 6.02. The fourth-order valence-corrected chi connectivity index (χ4v) is 3.17. The highest BCUT2D eigenvalue weighted by Crippen LogP contribution is 2.18. The molecule has 1 aliphatic rings. The summed E-state index contributed by atoms with van der Waals surface area (Å²) in [6.45, 7) is 10.5. The maximum atomic E-state index is 5.70. The number of rotatable bonds is 8. The van der Waals surface area contributed by atoms with Crippen LogP contribution >= 0.6 is 0 Å². The quantitative estimate of drug-likeness (QED) is 0.721. The molecule has 1 fully saturated rings. The van der Waals surface area contributed by atoms with Crippen LogP contribution in [0, 0.1) is 5.92 Å². The second kappa shape index (κ2) is 8.89. The Morgan fingerprint density at radius 1 is 1.22 bits per heavy atom. The minimum atomic E-state index is 0.725. The molecule has 1 heterocycles. The van der Waals surface area contributed by atoms with Crippen molar-refractivity contribution in [3.63, 3.8) is 0 Å². The van der Waals surface area contributed by atoms with E-state index in [1.807, 2.05) is 0 Å². The molecule has 0 bridgehead atoms. The van der Waals surface area contributed by atoms with Gasteiger partial charge in [0.15, 0.2) is 0 Å². The number of hydrogen-bond acceptors (Lipinski definition) is 3. The van der Waals surface area contributed by atoms with Crippen molar-refractivity contribution in [2.24, 2.45) is 11.7 Å². The molecular formula is C15H33N3. The molecular weight excluding hydrogens is 222 g/mol. The molecule has 0 aliphatic carbocycles. The zero-order valence-electron chi connectivity index (χ0n) is 12.7. The van der Waals surface area contributed by atoms with Crippen LogP contribution in [0.1, 0.15) is 46.0 Å². The lowest BCUT2D eigenvalue weighted by Gasteiger charge is -2.38. The zero-order valence-corrected chi connectivity index (χ0v) is 12.7. The molecule has 2 N–H and O–H groups in total. The average molecular weight is 255 g/mol. The van der Waals surface area contributed by atoms with Crippen LogP contribution in [0.5, 0.6) is 0 Å². The molecule has 1 rings (SSSR count). The molecule has 0 saturated carbocycles. The van der Waals surface area contributed by atoms with E-state index in [9.17, 15) is 0 Å². The van der Waals surface area contributed by atoms with Crippen molar-refractivity contribution < 1.29 is 0 Å². The number of piperazine rings is 1. The van der Waals surface area contributed by atoms with E-state index in [2.05, 4.69) is 30.7 Å². The van der Waals surface area contributed by atoms with Crippen molar-refractivity contribution in [3.05, 3.63) is 0 Å². The van der Waals surface area contributed by atoms with Crippen LogP contribution < -0.4 is 5.73 Å². The normalized spacial score (nSPS) is 24.3. The molecule has 1 saturated heterocycles. The first kappa shape index (κ1) is 15.9. The van der Waals surface area contributed by atoms with Gasteiger partial charge in [0, 0.05) is 25.7 Å². The second-order valence-electron chi connectivity index (χ2n) is 6.02. The molecule has 3 nitrogen and oxygen atoms in total. The summed E-state index contributed by atoms with van der Waals surface area (Å²) in [5.74, 6) is 0.864. The van der Waals surface area contributed by atoms with Gasteiger partial charge in [-0.25, -0.2) is 0 Å². The third kappa shape index (κ3) is 5.68. The summed E-state index contributed by atoms with van der Waals surface area (Å²) in [6.07, 6.45) is 6.58. The van der Waals surface area contributed by atoms with Crippen LogP contribution in [-0.2, 0) is 0 Å². The van der Waals surface area contributed by atoms with E-state index >= 15 is 0 Å². The van der Waals surface area contributed by atoms with Gasteiger partial charge in [-0.1, -0.05) is 19.8 Å². The van der Waals surface area contributed by atoms with Gasteiger partial charge < -0.3 is 10.6 Å². The maximum absolute atomic E-state index is 5.70. The van der Waals surface area contributed by atoms with Crippen molar-refractivity contribution in [2.45, 2.75) is 52.0 Å². The van der Waals surface area contributed by atoms with Crippen LogP contribution in [0.15, 0.2) is 0 Å². The first-order valence-electron chi connectivity index (χ1n) is 7.80. The topological polar surface area (TPSA) is 32.5 Å². The van der Waals surface area contributed by atoms with E-state index in [1.54, 1.807) is 0 Å². The summed E-state index contributed by atoms with van der Waals surface area (Å²) < 4.78 is 0.